The number of nitrogens with zero attached hydrogens (tertiary/aromatic N) is 2. The number of hydrogen-bond donors (Lipinski definition) is 2. The van der Waals surface area contributed by atoms with Crippen molar-refractivity contribution in [3.8, 4) is 0 Å². The van der Waals surface area contributed by atoms with Crippen LogP contribution in [0.5, 0.6) is 0 Å². The number of ether oxygens (including phenoxy) is 1. The maximum atomic E-state index is 13.3. The van der Waals surface area contributed by atoms with Crippen molar-refractivity contribution in [2.45, 2.75) is 19.1 Å². The third kappa shape index (κ3) is 5.17. The third-order valence-electron chi connectivity index (χ3n) is 6.41. The Morgan fingerprint density at radius 1 is 1.24 bits per heavy atom. The molecule has 2 N–H and O–H groups in total. The molecule has 2 aliphatic heterocycles. The Morgan fingerprint density at radius 3 is 2.70 bits per heavy atom. The first-order chi connectivity index (χ1) is 16.0. The van der Waals surface area contributed by atoms with Gasteiger partial charge in [0.05, 0.1) is 12.5 Å². The molecule has 33 heavy (non-hydrogen) atoms. The Hall–Kier alpha value is -2.97. The number of halogens is 1. The molecule has 2 aliphatic rings. The summed E-state index contributed by atoms with van der Waals surface area (Å²) < 4.78 is 19.3. The zero-order valence-corrected chi connectivity index (χ0v) is 18.9. The molecule has 2 aromatic carbocycles. The van der Waals surface area contributed by atoms with E-state index in [4.69, 9.17) is 4.74 Å². The van der Waals surface area contributed by atoms with Gasteiger partial charge in [-0.15, -0.1) is 0 Å². The van der Waals surface area contributed by atoms with E-state index in [2.05, 4.69) is 22.5 Å². The van der Waals surface area contributed by atoms with Crippen LogP contribution < -0.4 is 15.5 Å². The monoisotopic (exact) mass is 454 g/mol. The molecule has 4 rings (SSSR count). The third-order valence-corrected chi connectivity index (χ3v) is 6.41. The summed E-state index contributed by atoms with van der Waals surface area (Å²) >= 11 is 0. The van der Waals surface area contributed by atoms with Crippen LogP contribution in [-0.4, -0.2) is 68.2 Å². The minimum absolute atomic E-state index is 0.183. The van der Waals surface area contributed by atoms with Crippen molar-refractivity contribution in [2.75, 3.05) is 50.8 Å². The minimum atomic E-state index is -1.20. The van der Waals surface area contributed by atoms with Gasteiger partial charge in [0.2, 0.25) is 5.91 Å². The van der Waals surface area contributed by atoms with Gasteiger partial charge in [0.25, 0.3) is 5.91 Å². The number of rotatable bonds is 8. The normalized spacial score (nSPS) is 22.8. The molecule has 2 atom stereocenters. The summed E-state index contributed by atoms with van der Waals surface area (Å²) in [5, 5.41) is 5.89. The molecule has 0 bridgehead atoms. The van der Waals surface area contributed by atoms with Gasteiger partial charge >= 0.3 is 0 Å². The van der Waals surface area contributed by atoms with Crippen molar-refractivity contribution >= 4 is 17.5 Å². The molecule has 2 aromatic rings. The van der Waals surface area contributed by atoms with E-state index < -0.39 is 11.5 Å². The predicted octanol–water partition coefficient (Wildman–Crippen LogP) is 1.79. The summed E-state index contributed by atoms with van der Waals surface area (Å²) in [6.45, 7) is 6.07. The highest BCUT2D eigenvalue weighted by atomic mass is 19.1. The molecule has 2 heterocycles. The average molecular weight is 455 g/mol. The molecule has 1 spiro atoms. The summed E-state index contributed by atoms with van der Waals surface area (Å²) in [4.78, 5) is 30.4. The fraction of sp³-hybridized carbons (Fsp3) is 0.440. The van der Waals surface area contributed by atoms with Crippen molar-refractivity contribution in [3.05, 3.63) is 66.0 Å². The molecule has 7 nitrogen and oxygen atoms in total. The Bertz CT molecular complexity index is 956. The number of carbonyl (C=O) groups is 2. The van der Waals surface area contributed by atoms with E-state index in [0.29, 0.717) is 45.9 Å². The number of nitrogens with one attached hydrogen (secondary N) is 2. The summed E-state index contributed by atoms with van der Waals surface area (Å²) in [7, 11) is 0. The van der Waals surface area contributed by atoms with E-state index in [1.807, 2.05) is 35.2 Å². The lowest BCUT2D eigenvalue weighted by molar-refractivity contribution is -0.163. The first kappa shape index (κ1) is 23.2. The van der Waals surface area contributed by atoms with Crippen LogP contribution in [0.25, 0.3) is 0 Å². The SMILES string of the molecule is CCN(CCNC(=O)[C@H]1CN(Cc2ccc(F)cc2)C[C@@]12OCCNC2=O)c1ccccc1. The predicted molar refractivity (Wildman–Crippen MR) is 124 cm³/mol. The standard InChI is InChI=1S/C25H31FN4O3/c1-2-30(21-6-4-3-5-7-21)14-12-27-23(31)22-17-29(16-19-8-10-20(26)11-9-19)18-25(22)24(32)28-13-15-33-25/h3-11,22H,2,12-18H2,1H3,(H,27,31)(H,28,32)/t22-,25-/m1/s1. The molecule has 0 aromatic heterocycles. The van der Waals surface area contributed by atoms with E-state index in [0.717, 1.165) is 17.8 Å². The van der Waals surface area contributed by atoms with Gasteiger partial charge in [0.1, 0.15) is 5.82 Å². The van der Waals surface area contributed by atoms with E-state index in [-0.39, 0.29) is 17.6 Å². The quantitative estimate of drug-likeness (QED) is 0.636. The molecular formula is C25H31FN4O3. The van der Waals surface area contributed by atoms with Crippen molar-refractivity contribution < 1.29 is 18.7 Å². The fourth-order valence-corrected chi connectivity index (χ4v) is 4.71. The summed E-state index contributed by atoms with van der Waals surface area (Å²) in [5.41, 5.74) is 0.823. The lowest BCUT2D eigenvalue weighted by Gasteiger charge is -2.36. The van der Waals surface area contributed by atoms with E-state index in [1.165, 1.54) is 12.1 Å². The van der Waals surface area contributed by atoms with Gasteiger partial charge in [0.15, 0.2) is 5.60 Å². The minimum Gasteiger partial charge on any atom is -0.370 e. The van der Waals surface area contributed by atoms with Gasteiger partial charge in [-0.05, 0) is 36.8 Å². The molecule has 2 amide bonds. The summed E-state index contributed by atoms with van der Waals surface area (Å²) in [6.07, 6.45) is 0. The highest BCUT2D eigenvalue weighted by Crippen LogP contribution is 2.34. The molecule has 176 valence electrons. The number of likely N-dealkylation sites (N-methyl/N-ethyl adjacent to an activating group) is 1. The zero-order valence-electron chi connectivity index (χ0n) is 18.9. The second kappa shape index (κ2) is 10.3. The smallest absolute Gasteiger partial charge is 0.254 e. The molecule has 0 saturated carbocycles. The van der Waals surface area contributed by atoms with Crippen molar-refractivity contribution in [2.24, 2.45) is 5.92 Å². The topological polar surface area (TPSA) is 73.9 Å². The molecule has 0 aliphatic carbocycles. The Labute approximate surface area is 193 Å². The van der Waals surface area contributed by atoms with E-state index in [9.17, 15) is 14.0 Å². The molecule has 0 unspecified atom stereocenters. The van der Waals surface area contributed by atoms with Crippen molar-refractivity contribution in [1.29, 1.82) is 0 Å². The zero-order chi connectivity index (χ0) is 23.3. The van der Waals surface area contributed by atoms with Crippen LogP contribution in [0, 0.1) is 11.7 Å². The number of hydrogen-bond acceptors (Lipinski definition) is 5. The first-order valence-electron chi connectivity index (χ1n) is 11.5. The number of morpholine rings is 1. The van der Waals surface area contributed by atoms with E-state index in [1.54, 1.807) is 12.1 Å². The van der Waals surface area contributed by atoms with Crippen LogP contribution in [-0.2, 0) is 20.9 Å². The van der Waals surface area contributed by atoms with Crippen molar-refractivity contribution in [1.82, 2.24) is 15.5 Å². The molecule has 0 radical (unpaired) electrons. The highest BCUT2D eigenvalue weighted by molar-refractivity contribution is 5.94. The van der Waals surface area contributed by atoms with Crippen LogP contribution in [0.15, 0.2) is 54.6 Å². The van der Waals surface area contributed by atoms with Gasteiger partial charge in [0, 0.05) is 51.5 Å². The van der Waals surface area contributed by atoms with Gasteiger partial charge < -0.3 is 20.3 Å². The first-order valence-corrected chi connectivity index (χ1v) is 11.5. The highest BCUT2D eigenvalue weighted by Gasteiger charge is 2.57. The fourth-order valence-electron chi connectivity index (χ4n) is 4.71. The Balaban J connectivity index is 1.42. The van der Waals surface area contributed by atoms with Crippen LogP contribution in [0.2, 0.25) is 0 Å². The summed E-state index contributed by atoms with van der Waals surface area (Å²) in [5.74, 6) is -1.33. The van der Waals surface area contributed by atoms with Gasteiger partial charge in [-0.25, -0.2) is 4.39 Å². The number of amides is 2. The lowest BCUT2D eigenvalue weighted by atomic mass is 9.88. The second-order valence-corrected chi connectivity index (χ2v) is 8.55. The van der Waals surface area contributed by atoms with Crippen LogP contribution in [0.4, 0.5) is 10.1 Å². The van der Waals surface area contributed by atoms with Crippen molar-refractivity contribution in [3.63, 3.8) is 0 Å². The van der Waals surface area contributed by atoms with Crippen LogP contribution in [0.3, 0.4) is 0 Å². The van der Waals surface area contributed by atoms with E-state index >= 15 is 0 Å². The van der Waals surface area contributed by atoms with Gasteiger partial charge in [-0.3, -0.25) is 14.5 Å². The number of benzene rings is 2. The van der Waals surface area contributed by atoms with Gasteiger partial charge in [-0.2, -0.15) is 0 Å². The Morgan fingerprint density at radius 2 is 2.00 bits per heavy atom. The van der Waals surface area contributed by atoms with Crippen LogP contribution >= 0.6 is 0 Å². The Kier molecular flexibility index (Phi) is 7.25. The molecular weight excluding hydrogens is 423 g/mol. The molecule has 2 fully saturated rings. The number of carbonyl (C=O) groups excluding carboxylic acids is 2. The molecule has 8 heteroatoms. The maximum Gasteiger partial charge on any atom is 0.254 e. The number of para-hydroxylation sites is 1. The number of likely N-dealkylation sites (tertiary alicyclic amines) is 1. The average Bonchev–Trinajstić information content (AvgIpc) is 3.19. The molecule has 2 saturated heterocycles. The second-order valence-electron chi connectivity index (χ2n) is 8.55. The van der Waals surface area contributed by atoms with Gasteiger partial charge in [-0.1, -0.05) is 30.3 Å². The largest absolute Gasteiger partial charge is 0.370 e. The van der Waals surface area contributed by atoms with Crippen LogP contribution in [0.1, 0.15) is 12.5 Å². The maximum absolute atomic E-state index is 13.3. The summed E-state index contributed by atoms with van der Waals surface area (Å²) in [6, 6.07) is 16.3. The lowest BCUT2D eigenvalue weighted by Crippen LogP contribution is -2.62. The number of anilines is 1.